The van der Waals surface area contributed by atoms with E-state index in [9.17, 15) is 9.59 Å². The van der Waals surface area contributed by atoms with E-state index in [-0.39, 0.29) is 6.54 Å². The number of carbonyl (C=O) groups is 2. The molecule has 3 N–H and O–H groups in total. The number of piperazine rings is 1. The molecule has 0 aromatic rings. The van der Waals surface area contributed by atoms with E-state index in [1.165, 1.54) is 0 Å². The third-order valence-electron chi connectivity index (χ3n) is 2.09. The molecule has 5 nitrogen and oxygen atoms in total. The first kappa shape index (κ1) is 9.88. The summed E-state index contributed by atoms with van der Waals surface area (Å²) >= 11 is 0. The van der Waals surface area contributed by atoms with Crippen molar-refractivity contribution in [3.63, 3.8) is 0 Å². The molecule has 0 radical (unpaired) electrons. The zero-order valence-corrected chi connectivity index (χ0v) is 7.17. The first-order valence-corrected chi connectivity index (χ1v) is 3.99. The van der Waals surface area contributed by atoms with Gasteiger partial charge in [-0.2, -0.15) is 0 Å². The summed E-state index contributed by atoms with van der Waals surface area (Å²) in [6.45, 7) is 4.52. The Bertz CT molecular complexity index is 244. The molecule has 0 spiro atoms. The minimum absolute atomic E-state index is 0.104. The zero-order chi connectivity index (χ0) is 9.90. The number of nitrogens with one attached hydrogen (secondary N) is 2. The highest BCUT2D eigenvalue weighted by Crippen LogP contribution is 2.09. The predicted octanol–water partition coefficient (Wildman–Crippen LogP) is -1.24. The van der Waals surface area contributed by atoms with Crippen LogP contribution in [0.25, 0.3) is 0 Å². The van der Waals surface area contributed by atoms with Crippen molar-refractivity contribution in [1.29, 1.82) is 0 Å². The van der Waals surface area contributed by atoms with Crippen LogP contribution in [-0.2, 0) is 9.59 Å². The van der Waals surface area contributed by atoms with Gasteiger partial charge in [-0.1, -0.05) is 6.58 Å². The Hall–Kier alpha value is -1.20. The maximum Gasteiger partial charge on any atom is 0.333 e. The van der Waals surface area contributed by atoms with Gasteiger partial charge in [0.2, 0.25) is 0 Å². The van der Waals surface area contributed by atoms with E-state index in [1.54, 1.807) is 0 Å². The van der Waals surface area contributed by atoms with Crippen molar-refractivity contribution in [2.24, 2.45) is 0 Å². The van der Waals surface area contributed by atoms with Gasteiger partial charge < -0.3 is 10.4 Å². The molecule has 1 aliphatic rings. The van der Waals surface area contributed by atoms with Gasteiger partial charge in [0.25, 0.3) is 0 Å². The SMILES string of the molecule is C=CC(=O)C1(C(=O)O)CNCCN1. The number of hydrogen-bond donors (Lipinski definition) is 3. The van der Waals surface area contributed by atoms with Crippen LogP contribution in [0.2, 0.25) is 0 Å². The molecule has 1 heterocycles. The molecule has 1 atom stereocenters. The Morgan fingerprint density at radius 1 is 1.46 bits per heavy atom. The van der Waals surface area contributed by atoms with Crippen molar-refractivity contribution in [3.8, 4) is 0 Å². The first-order valence-electron chi connectivity index (χ1n) is 3.99. The van der Waals surface area contributed by atoms with Crippen molar-refractivity contribution >= 4 is 11.8 Å². The van der Waals surface area contributed by atoms with Crippen molar-refractivity contribution in [2.45, 2.75) is 5.54 Å². The summed E-state index contributed by atoms with van der Waals surface area (Å²) in [7, 11) is 0. The molecular formula is C8H12N2O3. The molecule has 13 heavy (non-hydrogen) atoms. The molecule has 0 bridgehead atoms. The molecule has 1 unspecified atom stereocenters. The quantitative estimate of drug-likeness (QED) is 0.377. The molecule has 0 aliphatic carbocycles. The lowest BCUT2D eigenvalue weighted by atomic mass is 9.92. The summed E-state index contributed by atoms with van der Waals surface area (Å²) in [6, 6.07) is 0. The van der Waals surface area contributed by atoms with Gasteiger partial charge in [-0.25, -0.2) is 4.79 Å². The summed E-state index contributed by atoms with van der Waals surface area (Å²) in [5, 5.41) is 14.5. The van der Waals surface area contributed by atoms with E-state index in [2.05, 4.69) is 17.2 Å². The average Bonchev–Trinajstić information content (AvgIpc) is 2.17. The van der Waals surface area contributed by atoms with E-state index >= 15 is 0 Å². The van der Waals surface area contributed by atoms with Crippen LogP contribution in [0, 0.1) is 0 Å². The number of hydrogen-bond acceptors (Lipinski definition) is 4. The monoisotopic (exact) mass is 184 g/mol. The van der Waals surface area contributed by atoms with Gasteiger partial charge in [-0.15, -0.1) is 0 Å². The Balaban J connectivity index is 2.91. The maximum atomic E-state index is 11.3. The van der Waals surface area contributed by atoms with Crippen LogP contribution in [-0.4, -0.2) is 42.0 Å². The number of ketones is 1. The number of carboxylic acids is 1. The molecule has 1 rings (SSSR count). The lowest BCUT2D eigenvalue weighted by Gasteiger charge is -2.32. The third kappa shape index (κ3) is 1.61. The molecular weight excluding hydrogens is 172 g/mol. The Morgan fingerprint density at radius 3 is 2.54 bits per heavy atom. The van der Waals surface area contributed by atoms with Gasteiger partial charge in [-0.05, 0) is 6.08 Å². The summed E-state index contributed by atoms with van der Waals surface area (Å²) < 4.78 is 0. The van der Waals surface area contributed by atoms with E-state index in [0.717, 1.165) is 6.08 Å². The highest BCUT2D eigenvalue weighted by molar-refractivity contribution is 6.13. The summed E-state index contributed by atoms with van der Waals surface area (Å²) in [5.74, 6) is -1.67. The number of carboxylic acid groups (broad SMARTS) is 1. The van der Waals surface area contributed by atoms with Crippen LogP contribution in [0.5, 0.6) is 0 Å². The fraction of sp³-hybridized carbons (Fsp3) is 0.500. The first-order chi connectivity index (χ1) is 6.13. The molecule has 0 aromatic heterocycles. The molecule has 5 heteroatoms. The van der Waals surface area contributed by atoms with Crippen LogP contribution >= 0.6 is 0 Å². The molecule has 1 saturated heterocycles. The molecule has 1 fully saturated rings. The van der Waals surface area contributed by atoms with Gasteiger partial charge in [0, 0.05) is 19.6 Å². The summed E-state index contributed by atoms with van der Waals surface area (Å²) in [4.78, 5) is 22.2. The Morgan fingerprint density at radius 2 is 2.15 bits per heavy atom. The largest absolute Gasteiger partial charge is 0.479 e. The number of carbonyl (C=O) groups excluding carboxylic acids is 1. The third-order valence-corrected chi connectivity index (χ3v) is 2.09. The topological polar surface area (TPSA) is 78.4 Å². The molecule has 0 aromatic carbocycles. The van der Waals surface area contributed by atoms with Gasteiger partial charge in [0.05, 0.1) is 0 Å². The Kier molecular flexibility index (Phi) is 2.79. The van der Waals surface area contributed by atoms with Gasteiger partial charge in [-0.3, -0.25) is 10.1 Å². The van der Waals surface area contributed by atoms with Gasteiger partial charge >= 0.3 is 5.97 Å². The highest BCUT2D eigenvalue weighted by atomic mass is 16.4. The second-order valence-electron chi connectivity index (χ2n) is 2.88. The minimum atomic E-state index is -1.51. The van der Waals surface area contributed by atoms with Crippen LogP contribution < -0.4 is 10.6 Å². The molecule has 0 amide bonds. The van der Waals surface area contributed by atoms with Gasteiger partial charge in [0.15, 0.2) is 11.3 Å². The van der Waals surface area contributed by atoms with Gasteiger partial charge in [0.1, 0.15) is 0 Å². The molecule has 0 saturated carbocycles. The second-order valence-corrected chi connectivity index (χ2v) is 2.88. The van der Waals surface area contributed by atoms with Crippen LogP contribution in [0.3, 0.4) is 0 Å². The molecule has 72 valence electrons. The van der Waals surface area contributed by atoms with E-state index in [4.69, 9.17) is 5.11 Å². The van der Waals surface area contributed by atoms with Crippen molar-refractivity contribution in [2.75, 3.05) is 19.6 Å². The summed E-state index contributed by atoms with van der Waals surface area (Å²) in [5.41, 5.74) is -1.51. The smallest absolute Gasteiger partial charge is 0.333 e. The van der Waals surface area contributed by atoms with Crippen molar-refractivity contribution < 1.29 is 14.7 Å². The number of aliphatic carboxylic acids is 1. The highest BCUT2D eigenvalue weighted by Gasteiger charge is 2.45. The van der Waals surface area contributed by atoms with E-state index in [1.807, 2.05) is 0 Å². The average molecular weight is 184 g/mol. The fourth-order valence-electron chi connectivity index (χ4n) is 1.31. The predicted molar refractivity (Wildman–Crippen MR) is 46.4 cm³/mol. The fourth-order valence-corrected chi connectivity index (χ4v) is 1.31. The lowest BCUT2D eigenvalue weighted by molar-refractivity contribution is -0.149. The van der Waals surface area contributed by atoms with Crippen molar-refractivity contribution in [3.05, 3.63) is 12.7 Å². The van der Waals surface area contributed by atoms with Crippen LogP contribution in [0.4, 0.5) is 0 Å². The molecule has 1 aliphatic heterocycles. The Labute approximate surface area is 75.8 Å². The second kappa shape index (κ2) is 3.68. The number of rotatable bonds is 3. The van der Waals surface area contributed by atoms with E-state index < -0.39 is 17.3 Å². The maximum absolute atomic E-state index is 11.3. The standard InChI is InChI=1S/C8H12N2O3/c1-2-6(11)8(7(12)13)5-9-3-4-10-8/h2,9-10H,1,3-5H2,(H,12,13). The van der Waals surface area contributed by atoms with E-state index in [0.29, 0.717) is 13.1 Å². The van der Waals surface area contributed by atoms with Crippen LogP contribution in [0.1, 0.15) is 0 Å². The van der Waals surface area contributed by atoms with Crippen molar-refractivity contribution in [1.82, 2.24) is 10.6 Å². The normalized spacial score (nSPS) is 28.0. The minimum Gasteiger partial charge on any atom is -0.479 e. The van der Waals surface area contributed by atoms with Crippen LogP contribution in [0.15, 0.2) is 12.7 Å². The lowest BCUT2D eigenvalue weighted by Crippen LogP contribution is -2.67. The zero-order valence-electron chi connectivity index (χ0n) is 7.17. The summed E-state index contributed by atoms with van der Waals surface area (Å²) in [6.07, 6.45) is 1.04.